The van der Waals surface area contributed by atoms with Crippen LogP contribution in [-0.2, 0) is 20.7 Å². The van der Waals surface area contributed by atoms with Crippen molar-refractivity contribution in [3.05, 3.63) is 22.4 Å². The van der Waals surface area contributed by atoms with Crippen molar-refractivity contribution >= 4 is 23.2 Å². The molecule has 0 saturated carbocycles. The first kappa shape index (κ1) is 21.8. The molecule has 0 bridgehead atoms. The van der Waals surface area contributed by atoms with Gasteiger partial charge >= 0.3 is 0 Å². The lowest BCUT2D eigenvalue weighted by molar-refractivity contribution is -0.144. The molecule has 3 aliphatic rings. The molecule has 3 atom stereocenters. The van der Waals surface area contributed by atoms with E-state index >= 15 is 0 Å². The Morgan fingerprint density at radius 2 is 1.83 bits per heavy atom. The highest BCUT2D eigenvalue weighted by atomic mass is 32.1. The van der Waals surface area contributed by atoms with Gasteiger partial charge in [0.2, 0.25) is 11.8 Å². The normalized spacial score (nSPS) is 28.8. The van der Waals surface area contributed by atoms with Gasteiger partial charge in [0.15, 0.2) is 0 Å². The van der Waals surface area contributed by atoms with E-state index in [1.807, 2.05) is 27.3 Å². The predicted molar refractivity (Wildman–Crippen MR) is 119 cm³/mol. The second kappa shape index (κ2) is 9.79. The van der Waals surface area contributed by atoms with Crippen molar-refractivity contribution < 1.29 is 14.3 Å². The Hall–Kier alpha value is -1.44. The van der Waals surface area contributed by atoms with Crippen molar-refractivity contribution in [1.29, 1.82) is 0 Å². The fourth-order valence-corrected chi connectivity index (χ4v) is 6.03. The number of nitrogens with zero attached hydrogens (tertiary/aromatic N) is 3. The first-order valence-corrected chi connectivity index (χ1v) is 12.4. The van der Waals surface area contributed by atoms with Crippen LogP contribution < -0.4 is 0 Å². The molecule has 0 aliphatic carbocycles. The summed E-state index contributed by atoms with van der Waals surface area (Å²) < 4.78 is 5.85. The number of ether oxygens (including phenoxy) is 1. The lowest BCUT2D eigenvalue weighted by Crippen LogP contribution is -2.52. The number of amides is 2. The zero-order valence-electron chi connectivity index (χ0n) is 18.3. The van der Waals surface area contributed by atoms with Gasteiger partial charge in [-0.2, -0.15) is 0 Å². The van der Waals surface area contributed by atoms with E-state index in [0.29, 0.717) is 31.1 Å². The molecule has 0 spiro atoms. The third kappa shape index (κ3) is 5.24. The summed E-state index contributed by atoms with van der Waals surface area (Å²) in [6, 6.07) is 3.72. The first-order valence-electron chi connectivity index (χ1n) is 11.5. The number of thiophene rings is 1. The zero-order valence-corrected chi connectivity index (χ0v) is 19.1. The van der Waals surface area contributed by atoms with Gasteiger partial charge in [0.05, 0.1) is 18.6 Å². The molecule has 4 rings (SSSR count). The van der Waals surface area contributed by atoms with Crippen LogP contribution in [-0.4, -0.2) is 84.0 Å². The van der Waals surface area contributed by atoms with Gasteiger partial charge in [0.1, 0.15) is 6.04 Å². The molecule has 2 amide bonds. The van der Waals surface area contributed by atoms with Crippen LogP contribution in [0.2, 0.25) is 0 Å². The standard InChI is InChI=1S/C23H35N3O3S/c1-17-14-24(15-18(2)29-17)16-19-7-10-25(11-8-19)23(28)21-6-3-9-26(21)22(27)13-20-5-4-12-30-20/h4-5,12,17-19,21H,3,6-11,13-16H2,1-2H3. The molecule has 0 N–H and O–H groups in total. The average molecular weight is 434 g/mol. The summed E-state index contributed by atoms with van der Waals surface area (Å²) in [5.41, 5.74) is 0. The van der Waals surface area contributed by atoms with E-state index in [2.05, 4.69) is 18.7 Å². The molecule has 3 saturated heterocycles. The number of hydrogen-bond donors (Lipinski definition) is 0. The Morgan fingerprint density at radius 3 is 2.50 bits per heavy atom. The van der Waals surface area contributed by atoms with Crippen molar-refractivity contribution in [3.8, 4) is 0 Å². The minimum Gasteiger partial charge on any atom is -0.373 e. The largest absolute Gasteiger partial charge is 0.373 e. The maximum Gasteiger partial charge on any atom is 0.245 e. The highest BCUT2D eigenvalue weighted by molar-refractivity contribution is 7.10. The summed E-state index contributed by atoms with van der Waals surface area (Å²) in [5.74, 6) is 0.907. The molecule has 7 heteroatoms. The lowest BCUT2D eigenvalue weighted by Gasteiger charge is -2.40. The quantitative estimate of drug-likeness (QED) is 0.716. The van der Waals surface area contributed by atoms with E-state index in [1.54, 1.807) is 11.3 Å². The minimum absolute atomic E-state index is 0.0961. The summed E-state index contributed by atoms with van der Waals surface area (Å²) in [4.78, 5) is 33.5. The topological polar surface area (TPSA) is 53.1 Å². The van der Waals surface area contributed by atoms with Crippen LogP contribution in [0.5, 0.6) is 0 Å². The van der Waals surface area contributed by atoms with Gasteiger partial charge in [-0.25, -0.2) is 0 Å². The minimum atomic E-state index is -0.255. The van der Waals surface area contributed by atoms with Gasteiger partial charge in [-0.15, -0.1) is 11.3 Å². The highest BCUT2D eigenvalue weighted by Gasteiger charge is 2.37. The summed E-state index contributed by atoms with van der Waals surface area (Å²) >= 11 is 1.61. The number of likely N-dealkylation sites (tertiary alicyclic amines) is 2. The SMILES string of the molecule is CC1CN(CC2CCN(C(=O)C3CCCN3C(=O)Cc3cccs3)CC2)CC(C)O1. The summed E-state index contributed by atoms with van der Waals surface area (Å²) in [5, 5.41) is 2.00. The molecular weight excluding hydrogens is 398 g/mol. The Bertz CT molecular complexity index is 707. The van der Waals surface area contributed by atoms with Gasteiger partial charge in [-0.3, -0.25) is 14.5 Å². The van der Waals surface area contributed by atoms with Gasteiger partial charge < -0.3 is 14.5 Å². The molecule has 3 aliphatic heterocycles. The molecule has 1 aromatic heterocycles. The first-order chi connectivity index (χ1) is 14.5. The molecule has 0 aromatic carbocycles. The van der Waals surface area contributed by atoms with E-state index in [1.165, 1.54) is 0 Å². The maximum absolute atomic E-state index is 13.2. The summed E-state index contributed by atoms with van der Waals surface area (Å²) in [7, 11) is 0. The Morgan fingerprint density at radius 1 is 1.10 bits per heavy atom. The van der Waals surface area contributed by atoms with Gasteiger partial charge in [-0.1, -0.05) is 6.07 Å². The van der Waals surface area contributed by atoms with Crippen LogP contribution in [0.1, 0.15) is 44.4 Å². The average Bonchev–Trinajstić information content (AvgIpc) is 3.39. The third-order valence-electron chi connectivity index (χ3n) is 6.70. The fraction of sp³-hybridized carbons (Fsp3) is 0.739. The van der Waals surface area contributed by atoms with E-state index in [-0.39, 0.29) is 17.9 Å². The third-order valence-corrected chi connectivity index (χ3v) is 7.58. The van der Waals surface area contributed by atoms with E-state index in [9.17, 15) is 9.59 Å². The second-order valence-corrected chi connectivity index (χ2v) is 10.3. The van der Waals surface area contributed by atoms with Crippen LogP contribution >= 0.6 is 11.3 Å². The molecule has 1 aromatic rings. The van der Waals surface area contributed by atoms with Crippen molar-refractivity contribution in [1.82, 2.24) is 14.7 Å². The zero-order chi connectivity index (χ0) is 21.1. The second-order valence-electron chi connectivity index (χ2n) is 9.25. The van der Waals surface area contributed by atoms with E-state index in [4.69, 9.17) is 4.74 Å². The summed E-state index contributed by atoms with van der Waals surface area (Å²) in [6.07, 6.45) is 4.86. The van der Waals surface area contributed by atoms with Gasteiger partial charge in [0.25, 0.3) is 0 Å². The van der Waals surface area contributed by atoms with Crippen molar-refractivity contribution in [3.63, 3.8) is 0 Å². The van der Waals surface area contributed by atoms with Crippen LogP contribution in [0, 0.1) is 5.92 Å². The molecule has 4 heterocycles. The van der Waals surface area contributed by atoms with Crippen LogP contribution in [0.3, 0.4) is 0 Å². The monoisotopic (exact) mass is 433 g/mol. The Labute approximate surface area is 184 Å². The van der Waals surface area contributed by atoms with E-state index in [0.717, 1.165) is 63.3 Å². The van der Waals surface area contributed by atoms with Crippen molar-refractivity contribution in [2.75, 3.05) is 39.3 Å². The number of morpholine rings is 1. The molecule has 166 valence electrons. The number of rotatable bonds is 5. The summed E-state index contributed by atoms with van der Waals surface area (Å²) in [6.45, 7) is 9.78. The van der Waals surface area contributed by atoms with E-state index < -0.39 is 0 Å². The Balaban J connectivity index is 1.26. The number of carbonyl (C=O) groups excluding carboxylic acids is 2. The van der Waals surface area contributed by atoms with Crippen molar-refractivity contribution in [2.45, 2.75) is 64.2 Å². The highest BCUT2D eigenvalue weighted by Crippen LogP contribution is 2.25. The molecule has 3 unspecified atom stereocenters. The van der Waals surface area contributed by atoms with Crippen molar-refractivity contribution in [2.24, 2.45) is 5.92 Å². The predicted octanol–water partition coefficient (Wildman–Crippen LogP) is 2.63. The molecule has 6 nitrogen and oxygen atoms in total. The van der Waals surface area contributed by atoms with Crippen LogP contribution in [0.25, 0.3) is 0 Å². The number of hydrogen-bond acceptors (Lipinski definition) is 5. The molecule has 30 heavy (non-hydrogen) atoms. The fourth-order valence-electron chi connectivity index (χ4n) is 5.33. The van der Waals surface area contributed by atoms with Crippen LogP contribution in [0.15, 0.2) is 17.5 Å². The smallest absolute Gasteiger partial charge is 0.245 e. The maximum atomic E-state index is 13.2. The number of piperidine rings is 1. The van der Waals surface area contributed by atoms with Gasteiger partial charge in [0, 0.05) is 44.1 Å². The Kier molecular flexibility index (Phi) is 7.11. The number of carbonyl (C=O) groups is 2. The van der Waals surface area contributed by atoms with Crippen LogP contribution in [0.4, 0.5) is 0 Å². The molecular formula is C23H35N3O3S. The van der Waals surface area contributed by atoms with Gasteiger partial charge in [-0.05, 0) is 56.9 Å². The molecule has 3 fully saturated rings. The lowest BCUT2D eigenvalue weighted by atomic mass is 9.95. The molecule has 0 radical (unpaired) electrons.